The number of hydrogen-bond donors (Lipinski definition) is 1. The highest BCUT2D eigenvalue weighted by molar-refractivity contribution is 5.80. The average Bonchev–Trinajstić information content (AvgIpc) is 2.67. The summed E-state index contributed by atoms with van der Waals surface area (Å²) < 4.78 is 0. The summed E-state index contributed by atoms with van der Waals surface area (Å²) in [6.45, 7) is 4.60. The molecule has 0 aliphatic carbocycles. The molecule has 1 aromatic rings. The summed E-state index contributed by atoms with van der Waals surface area (Å²) in [5, 5.41) is 8.90. The van der Waals surface area contributed by atoms with E-state index < -0.39 is 5.97 Å². The van der Waals surface area contributed by atoms with Crippen molar-refractivity contribution in [1.82, 2.24) is 4.90 Å². The van der Waals surface area contributed by atoms with Crippen LogP contribution in [0.5, 0.6) is 0 Å². The van der Waals surface area contributed by atoms with Crippen molar-refractivity contribution < 1.29 is 14.7 Å². The monoisotopic (exact) mass is 261 g/mol. The summed E-state index contributed by atoms with van der Waals surface area (Å²) in [6, 6.07) is 5.86. The normalized spacial score (nSPS) is 18.9. The number of likely N-dealkylation sites (tertiary alicyclic amines) is 1. The van der Waals surface area contributed by atoms with Crippen molar-refractivity contribution in [2.24, 2.45) is 0 Å². The van der Waals surface area contributed by atoms with Gasteiger partial charge >= 0.3 is 5.97 Å². The fraction of sp³-hybridized carbons (Fsp3) is 0.467. The summed E-state index contributed by atoms with van der Waals surface area (Å²) in [5.74, 6) is -0.780. The van der Waals surface area contributed by atoms with Gasteiger partial charge in [0.15, 0.2) is 0 Å². The molecule has 1 fully saturated rings. The Morgan fingerprint density at radius 3 is 2.84 bits per heavy atom. The second-order valence-electron chi connectivity index (χ2n) is 5.17. The van der Waals surface area contributed by atoms with Gasteiger partial charge in [0, 0.05) is 19.0 Å². The van der Waals surface area contributed by atoms with E-state index >= 15 is 0 Å². The average molecular weight is 261 g/mol. The van der Waals surface area contributed by atoms with Crippen LogP contribution in [0, 0.1) is 13.8 Å². The van der Waals surface area contributed by atoms with Crippen LogP contribution in [0.25, 0.3) is 0 Å². The highest BCUT2D eigenvalue weighted by Crippen LogP contribution is 2.25. The van der Waals surface area contributed by atoms with Gasteiger partial charge in [-0.3, -0.25) is 9.59 Å². The molecular formula is C15H19NO3. The van der Waals surface area contributed by atoms with E-state index in [0.717, 1.165) is 5.56 Å². The van der Waals surface area contributed by atoms with Crippen LogP contribution in [0.3, 0.4) is 0 Å². The third kappa shape index (κ3) is 2.95. The minimum absolute atomic E-state index is 0.0383. The molecule has 1 heterocycles. The predicted molar refractivity (Wildman–Crippen MR) is 71.7 cm³/mol. The maximum atomic E-state index is 11.9. The molecule has 4 heteroatoms. The Hall–Kier alpha value is -1.84. The molecule has 2 rings (SSSR count). The first-order valence-electron chi connectivity index (χ1n) is 6.55. The van der Waals surface area contributed by atoms with Crippen LogP contribution in [0.2, 0.25) is 0 Å². The van der Waals surface area contributed by atoms with E-state index in [1.165, 1.54) is 11.1 Å². The first kappa shape index (κ1) is 13.6. The minimum Gasteiger partial charge on any atom is -0.481 e. The molecule has 102 valence electrons. The molecule has 0 aromatic heterocycles. The number of hydrogen-bond acceptors (Lipinski definition) is 2. The first-order chi connectivity index (χ1) is 8.99. The lowest BCUT2D eigenvalue weighted by Crippen LogP contribution is -2.34. The van der Waals surface area contributed by atoms with Crippen LogP contribution in [0.1, 0.15) is 36.0 Å². The number of benzene rings is 1. The molecule has 0 spiro atoms. The van der Waals surface area contributed by atoms with Gasteiger partial charge in [-0.05, 0) is 37.0 Å². The van der Waals surface area contributed by atoms with Crippen LogP contribution in [0.4, 0.5) is 0 Å². The van der Waals surface area contributed by atoms with Crippen LogP contribution in [-0.2, 0) is 16.1 Å². The van der Waals surface area contributed by atoms with Crippen molar-refractivity contribution >= 4 is 11.9 Å². The quantitative estimate of drug-likeness (QED) is 0.904. The maximum Gasteiger partial charge on any atom is 0.305 e. The molecule has 1 aromatic carbocycles. The second-order valence-corrected chi connectivity index (χ2v) is 5.17. The van der Waals surface area contributed by atoms with Crippen molar-refractivity contribution in [2.45, 2.75) is 45.7 Å². The van der Waals surface area contributed by atoms with Crippen molar-refractivity contribution in [2.75, 3.05) is 0 Å². The molecule has 1 N–H and O–H groups in total. The van der Waals surface area contributed by atoms with Crippen LogP contribution < -0.4 is 0 Å². The third-order valence-corrected chi connectivity index (χ3v) is 3.92. The summed E-state index contributed by atoms with van der Waals surface area (Å²) >= 11 is 0. The Morgan fingerprint density at radius 1 is 1.42 bits per heavy atom. The molecule has 1 saturated heterocycles. The lowest BCUT2D eigenvalue weighted by molar-refractivity contribution is -0.139. The topological polar surface area (TPSA) is 57.6 Å². The Bertz CT molecular complexity index is 510. The van der Waals surface area contributed by atoms with Gasteiger partial charge in [-0.2, -0.15) is 0 Å². The van der Waals surface area contributed by atoms with Crippen molar-refractivity contribution in [1.29, 1.82) is 0 Å². The largest absolute Gasteiger partial charge is 0.481 e. The van der Waals surface area contributed by atoms with E-state index in [-0.39, 0.29) is 18.4 Å². The standard InChI is InChI=1S/C15H19NO3/c1-10-4-3-5-12(11(10)2)9-16-13(8-15(18)19)6-7-14(16)17/h3-5,13H,6-9H2,1-2H3,(H,18,19). The second kappa shape index (κ2) is 5.43. The number of aryl methyl sites for hydroxylation is 1. The summed E-state index contributed by atoms with van der Waals surface area (Å²) in [4.78, 5) is 24.5. The number of carbonyl (C=O) groups is 2. The molecule has 4 nitrogen and oxygen atoms in total. The SMILES string of the molecule is Cc1cccc(CN2C(=O)CCC2CC(=O)O)c1C. The van der Waals surface area contributed by atoms with E-state index in [9.17, 15) is 9.59 Å². The molecule has 1 atom stereocenters. The van der Waals surface area contributed by atoms with Crippen molar-refractivity contribution in [3.8, 4) is 0 Å². The third-order valence-electron chi connectivity index (χ3n) is 3.92. The van der Waals surface area contributed by atoms with E-state index in [2.05, 4.69) is 0 Å². The fourth-order valence-electron chi connectivity index (χ4n) is 2.59. The van der Waals surface area contributed by atoms with Gasteiger partial charge in [-0.1, -0.05) is 18.2 Å². The molecule has 1 unspecified atom stereocenters. The van der Waals surface area contributed by atoms with Gasteiger partial charge in [0.2, 0.25) is 5.91 Å². The number of carboxylic acid groups (broad SMARTS) is 1. The Morgan fingerprint density at radius 2 is 2.16 bits per heavy atom. The molecule has 19 heavy (non-hydrogen) atoms. The predicted octanol–water partition coefficient (Wildman–Crippen LogP) is 2.27. The number of carbonyl (C=O) groups excluding carboxylic acids is 1. The fourth-order valence-corrected chi connectivity index (χ4v) is 2.59. The number of rotatable bonds is 4. The molecule has 1 aliphatic rings. The van der Waals surface area contributed by atoms with Gasteiger partial charge in [0.05, 0.1) is 6.42 Å². The van der Waals surface area contributed by atoms with Crippen molar-refractivity contribution in [3.05, 3.63) is 34.9 Å². The van der Waals surface area contributed by atoms with E-state index in [1.54, 1.807) is 4.90 Å². The summed E-state index contributed by atoms with van der Waals surface area (Å²) in [5.41, 5.74) is 3.47. The zero-order valence-corrected chi connectivity index (χ0v) is 11.3. The lowest BCUT2D eigenvalue weighted by Gasteiger charge is -2.24. The zero-order chi connectivity index (χ0) is 14.0. The number of aliphatic carboxylic acids is 1. The minimum atomic E-state index is -0.842. The first-order valence-corrected chi connectivity index (χ1v) is 6.55. The highest BCUT2D eigenvalue weighted by Gasteiger charge is 2.32. The molecule has 0 saturated carbocycles. The summed E-state index contributed by atoms with van der Waals surface area (Å²) in [7, 11) is 0. The van der Waals surface area contributed by atoms with Gasteiger partial charge in [0.25, 0.3) is 0 Å². The van der Waals surface area contributed by atoms with Gasteiger partial charge in [0.1, 0.15) is 0 Å². The van der Waals surface area contributed by atoms with Crippen LogP contribution in [0.15, 0.2) is 18.2 Å². The van der Waals surface area contributed by atoms with E-state index in [1.807, 2.05) is 32.0 Å². The molecule has 0 radical (unpaired) electrons. The van der Waals surface area contributed by atoms with E-state index in [0.29, 0.717) is 19.4 Å². The highest BCUT2D eigenvalue weighted by atomic mass is 16.4. The maximum absolute atomic E-state index is 11.9. The van der Waals surface area contributed by atoms with E-state index in [4.69, 9.17) is 5.11 Å². The molecule has 0 bridgehead atoms. The summed E-state index contributed by atoms with van der Waals surface area (Å²) in [6.07, 6.45) is 1.15. The smallest absolute Gasteiger partial charge is 0.305 e. The molecule has 1 amide bonds. The Kier molecular flexibility index (Phi) is 3.88. The molecular weight excluding hydrogens is 242 g/mol. The van der Waals surface area contributed by atoms with Crippen molar-refractivity contribution in [3.63, 3.8) is 0 Å². The van der Waals surface area contributed by atoms with Gasteiger partial charge in [-0.25, -0.2) is 0 Å². The van der Waals surface area contributed by atoms with Gasteiger partial charge in [-0.15, -0.1) is 0 Å². The lowest BCUT2D eigenvalue weighted by atomic mass is 10.0. The number of carboxylic acids is 1. The van der Waals surface area contributed by atoms with Crippen LogP contribution >= 0.6 is 0 Å². The molecule has 1 aliphatic heterocycles. The zero-order valence-electron chi connectivity index (χ0n) is 11.3. The Balaban J connectivity index is 2.17. The number of amides is 1. The van der Waals surface area contributed by atoms with Gasteiger partial charge < -0.3 is 10.0 Å². The Labute approximate surface area is 113 Å². The number of nitrogens with zero attached hydrogens (tertiary/aromatic N) is 1. The van der Waals surface area contributed by atoms with Crippen LogP contribution in [-0.4, -0.2) is 27.9 Å².